The molecule has 1 aliphatic heterocycles. The largest absolute Gasteiger partial charge is 0.444 e. The first-order valence-electron chi connectivity index (χ1n) is 8.25. The fraction of sp³-hybridized carbons (Fsp3) is 0.526. The summed E-state index contributed by atoms with van der Waals surface area (Å²) in [4.78, 5) is 14.1. The van der Waals surface area contributed by atoms with Crippen LogP contribution in [0.25, 0.3) is 0 Å². The summed E-state index contributed by atoms with van der Waals surface area (Å²) in [5.74, 6) is 4.74. The Labute approximate surface area is 147 Å². The minimum absolute atomic E-state index is 0.335. The van der Waals surface area contributed by atoms with Gasteiger partial charge >= 0.3 is 6.09 Å². The van der Waals surface area contributed by atoms with Crippen molar-refractivity contribution in [2.24, 2.45) is 0 Å². The summed E-state index contributed by atoms with van der Waals surface area (Å²) in [6.07, 6.45) is 0.306. The van der Waals surface area contributed by atoms with Gasteiger partial charge in [0.1, 0.15) is 29.7 Å². The first-order chi connectivity index (χ1) is 11.7. The van der Waals surface area contributed by atoms with E-state index in [1.54, 1.807) is 20.8 Å². The van der Waals surface area contributed by atoms with Crippen molar-refractivity contribution in [1.29, 1.82) is 0 Å². The zero-order valence-corrected chi connectivity index (χ0v) is 14.8. The molecule has 5 nitrogen and oxygen atoms in total. The molecule has 0 aromatic heterocycles. The molecule has 1 aromatic carbocycles. The molecule has 0 spiro atoms. The highest BCUT2D eigenvalue weighted by Gasteiger charge is 2.46. The molecule has 136 valence electrons. The topological polar surface area (TPSA) is 70.0 Å². The van der Waals surface area contributed by atoms with Crippen molar-refractivity contribution in [2.75, 3.05) is 13.2 Å². The first-order valence-corrected chi connectivity index (χ1v) is 8.25. The van der Waals surface area contributed by atoms with E-state index in [0.717, 1.165) is 0 Å². The van der Waals surface area contributed by atoms with Crippen molar-refractivity contribution >= 4 is 6.09 Å². The lowest BCUT2D eigenvalue weighted by Crippen LogP contribution is -2.53. The average molecular weight is 349 g/mol. The first kappa shape index (κ1) is 19.2. The van der Waals surface area contributed by atoms with Crippen molar-refractivity contribution in [3.05, 3.63) is 35.6 Å². The number of hydrogen-bond donors (Lipinski definition) is 2. The molecule has 0 unspecified atom stereocenters. The predicted molar refractivity (Wildman–Crippen MR) is 91.1 cm³/mol. The molecule has 1 aliphatic rings. The molecule has 1 heterocycles. The van der Waals surface area contributed by atoms with Gasteiger partial charge in [0, 0.05) is 6.54 Å². The molecule has 6 heteroatoms. The van der Waals surface area contributed by atoms with Gasteiger partial charge in [-0.2, -0.15) is 0 Å². The van der Waals surface area contributed by atoms with Crippen LogP contribution in [0.5, 0.6) is 0 Å². The third-order valence-electron chi connectivity index (χ3n) is 3.92. The van der Waals surface area contributed by atoms with Crippen LogP contribution in [0.3, 0.4) is 0 Å². The Morgan fingerprint density at radius 2 is 2.04 bits per heavy atom. The Morgan fingerprint density at radius 3 is 2.60 bits per heavy atom. The van der Waals surface area contributed by atoms with Crippen LogP contribution in [0.2, 0.25) is 0 Å². The number of amides is 1. The normalized spacial score (nSPS) is 23.6. The van der Waals surface area contributed by atoms with Crippen molar-refractivity contribution < 1.29 is 24.1 Å². The molecule has 0 bridgehead atoms. The van der Waals surface area contributed by atoms with Crippen molar-refractivity contribution in [1.82, 2.24) is 4.90 Å². The predicted octanol–water partition coefficient (Wildman–Crippen LogP) is 2.62. The SMILES string of the molecule is CC(C)(C)OC(=O)N1CCC[C@@](O)(C#CCO)[C@@H]1c1ccc(F)cc1. The fourth-order valence-corrected chi connectivity index (χ4v) is 2.98. The van der Waals surface area contributed by atoms with Crippen LogP contribution >= 0.6 is 0 Å². The van der Waals surface area contributed by atoms with Crippen molar-refractivity contribution in [2.45, 2.75) is 50.9 Å². The second-order valence-electron chi connectivity index (χ2n) is 7.12. The molecule has 25 heavy (non-hydrogen) atoms. The number of carbonyl (C=O) groups is 1. The molecule has 1 saturated heterocycles. The zero-order valence-electron chi connectivity index (χ0n) is 14.8. The molecule has 0 saturated carbocycles. The Morgan fingerprint density at radius 1 is 1.40 bits per heavy atom. The van der Waals surface area contributed by atoms with Crippen LogP contribution in [0.1, 0.15) is 45.2 Å². The minimum atomic E-state index is -1.55. The smallest absolute Gasteiger partial charge is 0.410 e. The molecule has 2 atom stereocenters. The molecular weight excluding hydrogens is 325 g/mol. The number of aliphatic hydroxyl groups excluding tert-OH is 1. The Balaban J connectivity index is 2.45. The van der Waals surface area contributed by atoms with Crippen molar-refractivity contribution in [3.8, 4) is 11.8 Å². The zero-order chi connectivity index (χ0) is 18.7. The van der Waals surface area contributed by atoms with Gasteiger partial charge in [-0.3, -0.25) is 4.90 Å². The number of halogens is 1. The highest BCUT2D eigenvalue weighted by atomic mass is 19.1. The number of carbonyl (C=O) groups excluding carboxylic acids is 1. The Kier molecular flexibility index (Phi) is 5.71. The van der Waals surface area contributed by atoms with Gasteiger partial charge in [-0.15, -0.1) is 0 Å². The molecular formula is C19H24FNO4. The van der Waals surface area contributed by atoms with E-state index < -0.39 is 35.8 Å². The molecule has 1 fully saturated rings. The number of likely N-dealkylation sites (tertiary alicyclic amines) is 1. The highest BCUT2D eigenvalue weighted by Crippen LogP contribution is 2.39. The average Bonchev–Trinajstić information content (AvgIpc) is 2.52. The van der Waals surface area contributed by atoms with E-state index in [4.69, 9.17) is 9.84 Å². The van der Waals surface area contributed by atoms with E-state index in [0.29, 0.717) is 24.9 Å². The van der Waals surface area contributed by atoms with Crippen LogP contribution in [-0.4, -0.2) is 45.6 Å². The second kappa shape index (κ2) is 7.42. The molecule has 2 N–H and O–H groups in total. The number of aliphatic hydroxyl groups is 2. The van der Waals surface area contributed by atoms with E-state index in [9.17, 15) is 14.3 Å². The van der Waals surface area contributed by atoms with Gasteiger partial charge in [-0.25, -0.2) is 9.18 Å². The van der Waals surface area contributed by atoms with Crippen LogP contribution < -0.4 is 0 Å². The van der Waals surface area contributed by atoms with Gasteiger partial charge in [0.15, 0.2) is 0 Å². The lowest BCUT2D eigenvalue weighted by molar-refractivity contribution is -0.0535. The van der Waals surface area contributed by atoms with Gasteiger partial charge in [-0.1, -0.05) is 24.0 Å². The highest BCUT2D eigenvalue weighted by molar-refractivity contribution is 5.69. The van der Waals surface area contributed by atoms with Crippen LogP contribution in [0, 0.1) is 17.7 Å². The maximum Gasteiger partial charge on any atom is 0.410 e. The number of nitrogens with zero attached hydrogens (tertiary/aromatic N) is 1. The van der Waals surface area contributed by atoms with Gasteiger partial charge in [0.05, 0.1) is 0 Å². The van der Waals surface area contributed by atoms with E-state index in [-0.39, 0.29) is 0 Å². The summed E-state index contributed by atoms with van der Waals surface area (Å²) < 4.78 is 18.8. The summed E-state index contributed by atoms with van der Waals surface area (Å²) in [6.45, 7) is 5.28. The summed E-state index contributed by atoms with van der Waals surface area (Å²) in [6, 6.07) is 4.78. The lowest BCUT2D eigenvalue weighted by atomic mass is 9.81. The maximum atomic E-state index is 13.3. The third kappa shape index (κ3) is 4.71. The van der Waals surface area contributed by atoms with Crippen LogP contribution in [-0.2, 0) is 4.74 Å². The van der Waals surface area contributed by atoms with Gasteiger partial charge in [-0.05, 0) is 51.3 Å². The standard InChI is InChI=1S/C19H24FNO4/c1-18(2,3)25-17(23)21-12-4-10-19(24,11-5-13-22)16(21)14-6-8-15(20)9-7-14/h6-9,16,22,24H,4,10,12-13H2,1-3H3/t16-,19+/m0/s1. The molecule has 0 radical (unpaired) electrons. The van der Waals surface area contributed by atoms with E-state index in [2.05, 4.69) is 11.8 Å². The van der Waals surface area contributed by atoms with E-state index in [1.165, 1.54) is 29.2 Å². The number of benzene rings is 1. The second-order valence-corrected chi connectivity index (χ2v) is 7.12. The lowest BCUT2D eigenvalue weighted by Gasteiger charge is -2.44. The summed E-state index contributed by atoms with van der Waals surface area (Å²) >= 11 is 0. The quantitative estimate of drug-likeness (QED) is 0.765. The fourth-order valence-electron chi connectivity index (χ4n) is 2.98. The van der Waals surface area contributed by atoms with Crippen LogP contribution in [0.15, 0.2) is 24.3 Å². The maximum absolute atomic E-state index is 13.3. The van der Waals surface area contributed by atoms with E-state index >= 15 is 0 Å². The monoisotopic (exact) mass is 349 g/mol. The number of hydrogen-bond acceptors (Lipinski definition) is 4. The number of ether oxygens (including phenoxy) is 1. The number of piperidine rings is 1. The molecule has 1 aromatic rings. The molecule has 2 rings (SSSR count). The van der Waals surface area contributed by atoms with Gasteiger partial charge < -0.3 is 14.9 Å². The van der Waals surface area contributed by atoms with Gasteiger partial charge in [0.25, 0.3) is 0 Å². The van der Waals surface area contributed by atoms with Crippen molar-refractivity contribution in [3.63, 3.8) is 0 Å². The van der Waals surface area contributed by atoms with Crippen LogP contribution in [0.4, 0.5) is 9.18 Å². The summed E-state index contributed by atoms with van der Waals surface area (Å²) in [7, 11) is 0. The molecule has 0 aliphatic carbocycles. The Bertz CT molecular complexity index is 671. The Hall–Kier alpha value is -2.10. The summed E-state index contributed by atoms with van der Waals surface area (Å²) in [5, 5.41) is 20.1. The third-order valence-corrected chi connectivity index (χ3v) is 3.92. The van der Waals surface area contributed by atoms with Gasteiger partial charge in [0.2, 0.25) is 0 Å². The minimum Gasteiger partial charge on any atom is -0.444 e. The summed E-state index contributed by atoms with van der Waals surface area (Å²) in [5.41, 5.74) is -1.67. The van der Waals surface area contributed by atoms with E-state index in [1.807, 2.05) is 0 Å². The molecule has 1 amide bonds. The number of rotatable bonds is 1.